The Kier molecular flexibility index (Phi) is 4.04. The summed E-state index contributed by atoms with van der Waals surface area (Å²) in [5.74, 6) is 4.74. The van der Waals surface area contributed by atoms with E-state index in [1.165, 1.54) is 7.11 Å². The number of methoxy groups -OCH3 is 1. The van der Waals surface area contributed by atoms with Gasteiger partial charge in [0.2, 0.25) is 0 Å². The first-order valence-corrected chi connectivity index (χ1v) is 5.02. The Hall–Kier alpha value is -1.39. The summed E-state index contributed by atoms with van der Waals surface area (Å²) < 4.78 is 4.67. The van der Waals surface area contributed by atoms with Crippen LogP contribution in [-0.4, -0.2) is 19.7 Å². The lowest BCUT2D eigenvalue weighted by Crippen LogP contribution is -2.26. The molecule has 1 rings (SSSR count). The summed E-state index contributed by atoms with van der Waals surface area (Å²) in [4.78, 5) is 16.0. The van der Waals surface area contributed by atoms with Crippen LogP contribution < -0.4 is 5.90 Å². The zero-order valence-electron chi connectivity index (χ0n) is 9.82. The molecule has 0 radical (unpaired) electrons. The van der Waals surface area contributed by atoms with E-state index in [0.29, 0.717) is 12.2 Å². The molecule has 0 aromatic heterocycles. The molecule has 4 heteroatoms. The van der Waals surface area contributed by atoms with Crippen molar-refractivity contribution in [3.05, 3.63) is 35.4 Å². The topological polar surface area (TPSA) is 61.5 Å². The van der Waals surface area contributed by atoms with Crippen molar-refractivity contribution in [3.8, 4) is 0 Å². The summed E-state index contributed by atoms with van der Waals surface area (Å²) in [6.07, 6.45) is 0. The van der Waals surface area contributed by atoms with Gasteiger partial charge in [0, 0.05) is 5.41 Å². The predicted octanol–water partition coefficient (Wildman–Crippen LogP) is 1.64. The molecule has 4 nitrogen and oxygen atoms in total. The van der Waals surface area contributed by atoms with Crippen LogP contribution in [0.1, 0.15) is 29.8 Å². The van der Waals surface area contributed by atoms with Gasteiger partial charge < -0.3 is 9.57 Å². The van der Waals surface area contributed by atoms with Gasteiger partial charge >= 0.3 is 5.97 Å². The smallest absolute Gasteiger partial charge is 0.337 e. The third kappa shape index (κ3) is 2.81. The summed E-state index contributed by atoms with van der Waals surface area (Å²) in [6.45, 7) is 4.38. The van der Waals surface area contributed by atoms with E-state index < -0.39 is 0 Å². The van der Waals surface area contributed by atoms with Gasteiger partial charge in [-0.2, -0.15) is 0 Å². The quantitative estimate of drug-likeness (QED) is 0.622. The number of ether oxygens (including phenoxy) is 1. The van der Waals surface area contributed by atoms with Crippen molar-refractivity contribution in [2.24, 2.45) is 5.90 Å². The number of nitrogens with two attached hydrogens (primary N) is 1. The standard InChI is InChI=1S/C12H17NO3/c1-12(2,8-16-13)10-6-4-5-9(7-10)11(14)15-3/h4-7H,8,13H2,1-3H3. The van der Waals surface area contributed by atoms with Crippen molar-refractivity contribution in [1.29, 1.82) is 0 Å². The van der Waals surface area contributed by atoms with Crippen molar-refractivity contribution in [2.75, 3.05) is 13.7 Å². The van der Waals surface area contributed by atoms with Gasteiger partial charge in [-0.3, -0.25) is 0 Å². The highest BCUT2D eigenvalue weighted by molar-refractivity contribution is 5.89. The van der Waals surface area contributed by atoms with E-state index in [1.54, 1.807) is 12.1 Å². The highest BCUT2D eigenvalue weighted by Gasteiger charge is 2.21. The average molecular weight is 223 g/mol. The first kappa shape index (κ1) is 12.7. The van der Waals surface area contributed by atoms with Crippen molar-refractivity contribution in [1.82, 2.24) is 0 Å². The maximum Gasteiger partial charge on any atom is 0.337 e. The molecule has 0 saturated heterocycles. The van der Waals surface area contributed by atoms with Crippen LogP contribution in [0.25, 0.3) is 0 Å². The van der Waals surface area contributed by atoms with Crippen LogP contribution in [0.2, 0.25) is 0 Å². The van der Waals surface area contributed by atoms with Crippen LogP contribution in [0.4, 0.5) is 0 Å². The summed E-state index contributed by atoms with van der Waals surface area (Å²) in [5, 5.41) is 0. The molecule has 0 spiro atoms. The molecule has 0 atom stereocenters. The molecule has 0 aliphatic carbocycles. The minimum atomic E-state index is -0.341. The molecule has 1 aromatic rings. The van der Waals surface area contributed by atoms with E-state index >= 15 is 0 Å². The maximum atomic E-state index is 11.4. The predicted molar refractivity (Wildman–Crippen MR) is 60.9 cm³/mol. The SMILES string of the molecule is COC(=O)c1cccc(C(C)(C)CON)c1. The lowest BCUT2D eigenvalue weighted by atomic mass is 9.85. The van der Waals surface area contributed by atoms with Crippen LogP contribution in [0, 0.1) is 0 Å². The summed E-state index contributed by atoms with van der Waals surface area (Å²) >= 11 is 0. The molecule has 16 heavy (non-hydrogen) atoms. The monoisotopic (exact) mass is 223 g/mol. The second kappa shape index (κ2) is 5.09. The number of carbonyl (C=O) groups excluding carboxylic acids is 1. The van der Waals surface area contributed by atoms with E-state index in [2.05, 4.69) is 9.57 Å². The van der Waals surface area contributed by atoms with Gasteiger partial charge in [-0.25, -0.2) is 10.7 Å². The van der Waals surface area contributed by atoms with Crippen molar-refractivity contribution in [2.45, 2.75) is 19.3 Å². The molecule has 0 aliphatic rings. The number of rotatable bonds is 4. The summed E-state index contributed by atoms with van der Waals surface area (Å²) in [5.41, 5.74) is 1.28. The van der Waals surface area contributed by atoms with E-state index in [-0.39, 0.29) is 11.4 Å². The Labute approximate surface area is 95.3 Å². The molecule has 0 bridgehead atoms. The van der Waals surface area contributed by atoms with Crippen LogP contribution in [0.15, 0.2) is 24.3 Å². The highest BCUT2D eigenvalue weighted by Crippen LogP contribution is 2.24. The van der Waals surface area contributed by atoms with Gasteiger partial charge in [-0.1, -0.05) is 26.0 Å². The van der Waals surface area contributed by atoms with Gasteiger partial charge in [0.25, 0.3) is 0 Å². The lowest BCUT2D eigenvalue weighted by Gasteiger charge is -2.24. The third-order valence-corrected chi connectivity index (χ3v) is 2.51. The van der Waals surface area contributed by atoms with Crippen molar-refractivity contribution >= 4 is 5.97 Å². The zero-order valence-corrected chi connectivity index (χ0v) is 9.82. The van der Waals surface area contributed by atoms with Gasteiger partial charge in [0.1, 0.15) is 0 Å². The molecule has 2 N–H and O–H groups in total. The van der Waals surface area contributed by atoms with E-state index in [0.717, 1.165) is 5.56 Å². The van der Waals surface area contributed by atoms with Crippen LogP contribution in [-0.2, 0) is 15.0 Å². The number of hydrogen-bond donors (Lipinski definition) is 1. The Morgan fingerprint density at radius 2 is 2.12 bits per heavy atom. The molecular formula is C12H17NO3. The molecular weight excluding hydrogens is 206 g/mol. The molecule has 1 aromatic carbocycles. The average Bonchev–Trinajstić information content (AvgIpc) is 2.28. The maximum absolute atomic E-state index is 11.4. The van der Waals surface area contributed by atoms with E-state index in [9.17, 15) is 4.79 Å². The van der Waals surface area contributed by atoms with Crippen LogP contribution in [0.5, 0.6) is 0 Å². The Bertz CT molecular complexity index is 374. The third-order valence-electron chi connectivity index (χ3n) is 2.51. The van der Waals surface area contributed by atoms with Crippen molar-refractivity contribution < 1.29 is 14.4 Å². The normalized spacial score (nSPS) is 11.2. The largest absolute Gasteiger partial charge is 0.465 e. The highest BCUT2D eigenvalue weighted by atomic mass is 16.6. The first-order valence-electron chi connectivity index (χ1n) is 5.02. The molecule has 0 amide bonds. The molecule has 0 fully saturated rings. The Morgan fingerprint density at radius 1 is 1.44 bits per heavy atom. The van der Waals surface area contributed by atoms with Gasteiger partial charge in [0.15, 0.2) is 0 Å². The first-order chi connectivity index (χ1) is 7.51. The Balaban J connectivity index is 3.02. The number of carbonyl (C=O) groups is 1. The van der Waals surface area contributed by atoms with Crippen LogP contribution >= 0.6 is 0 Å². The van der Waals surface area contributed by atoms with E-state index in [4.69, 9.17) is 5.90 Å². The fraction of sp³-hybridized carbons (Fsp3) is 0.417. The zero-order chi connectivity index (χ0) is 12.2. The fourth-order valence-electron chi connectivity index (χ4n) is 1.48. The minimum absolute atomic E-state index is 0.237. The summed E-state index contributed by atoms with van der Waals surface area (Å²) in [7, 11) is 1.36. The number of esters is 1. The Morgan fingerprint density at radius 3 is 2.69 bits per heavy atom. The number of hydrogen-bond acceptors (Lipinski definition) is 4. The second-order valence-electron chi connectivity index (χ2n) is 4.27. The fourth-order valence-corrected chi connectivity index (χ4v) is 1.48. The second-order valence-corrected chi connectivity index (χ2v) is 4.27. The molecule has 88 valence electrons. The van der Waals surface area contributed by atoms with Crippen molar-refractivity contribution in [3.63, 3.8) is 0 Å². The van der Waals surface area contributed by atoms with E-state index in [1.807, 2.05) is 26.0 Å². The van der Waals surface area contributed by atoms with Gasteiger partial charge in [-0.15, -0.1) is 0 Å². The van der Waals surface area contributed by atoms with Crippen LogP contribution in [0.3, 0.4) is 0 Å². The minimum Gasteiger partial charge on any atom is -0.465 e. The molecule has 0 heterocycles. The molecule has 0 unspecified atom stereocenters. The molecule has 0 aliphatic heterocycles. The lowest BCUT2D eigenvalue weighted by molar-refractivity contribution is 0.0600. The summed E-state index contributed by atoms with van der Waals surface area (Å²) in [6, 6.07) is 7.27. The van der Waals surface area contributed by atoms with Gasteiger partial charge in [0.05, 0.1) is 19.3 Å². The van der Waals surface area contributed by atoms with Gasteiger partial charge in [-0.05, 0) is 17.7 Å². The molecule has 0 saturated carbocycles. The number of benzene rings is 1.